The number of amides is 2. The van der Waals surface area contributed by atoms with Crippen LogP contribution in [0.4, 0.5) is 4.79 Å². The first-order chi connectivity index (χ1) is 10.8. The number of thioether (sulfide) groups is 1. The molecule has 1 aliphatic carbocycles. The summed E-state index contributed by atoms with van der Waals surface area (Å²) in [5.41, 5.74) is 0.137. The minimum Gasteiger partial charge on any atom is -0.379 e. The lowest BCUT2D eigenvalue weighted by molar-refractivity contribution is -0.0124. The molecule has 2 aliphatic heterocycles. The van der Waals surface area contributed by atoms with E-state index in [9.17, 15) is 4.79 Å². The summed E-state index contributed by atoms with van der Waals surface area (Å²) in [6, 6.07) is 0.405. The first-order valence-electron chi connectivity index (χ1n) is 8.73. The van der Waals surface area contributed by atoms with E-state index < -0.39 is 0 Å². The molecule has 0 aromatic rings. The minimum atomic E-state index is 0.0245. The topological polar surface area (TPSA) is 53.6 Å². The Hall–Kier alpha value is -0.460. The van der Waals surface area contributed by atoms with Crippen molar-refractivity contribution in [3.8, 4) is 0 Å². The van der Waals surface area contributed by atoms with Crippen LogP contribution in [-0.2, 0) is 4.74 Å². The van der Waals surface area contributed by atoms with Gasteiger partial charge in [-0.2, -0.15) is 11.8 Å². The van der Waals surface area contributed by atoms with Crippen LogP contribution in [0.25, 0.3) is 0 Å². The van der Waals surface area contributed by atoms with Gasteiger partial charge in [-0.1, -0.05) is 19.3 Å². The van der Waals surface area contributed by atoms with E-state index in [1.165, 1.54) is 31.4 Å². The largest absolute Gasteiger partial charge is 0.379 e. The molecule has 5 nitrogen and oxygen atoms in total. The van der Waals surface area contributed by atoms with Crippen molar-refractivity contribution in [1.29, 1.82) is 0 Å². The molecule has 1 atom stereocenters. The summed E-state index contributed by atoms with van der Waals surface area (Å²) in [5.74, 6) is 2.32. The quantitative estimate of drug-likeness (QED) is 0.827. The molecule has 126 valence electrons. The molecular formula is C16H29N3O2S. The molecule has 0 radical (unpaired) electrons. The van der Waals surface area contributed by atoms with Crippen molar-refractivity contribution in [2.75, 3.05) is 44.4 Å². The van der Waals surface area contributed by atoms with Gasteiger partial charge in [-0.25, -0.2) is 4.79 Å². The third kappa shape index (κ3) is 4.09. The molecular weight excluding hydrogens is 298 g/mol. The fraction of sp³-hybridized carbons (Fsp3) is 0.938. The number of hydrogen-bond acceptors (Lipinski definition) is 4. The Kier molecular flexibility index (Phi) is 5.88. The van der Waals surface area contributed by atoms with Crippen LogP contribution in [0, 0.1) is 0 Å². The van der Waals surface area contributed by atoms with E-state index in [1.54, 1.807) is 0 Å². The number of ether oxygens (including phenoxy) is 1. The zero-order valence-corrected chi connectivity index (χ0v) is 14.3. The molecule has 3 rings (SSSR count). The van der Waals surface area contributed by atoms with Gasteiger partial charge in [-0.15, -0.1) is 0 Å². The van der Waals surface area contributed by atoms with Gasteiger partial charge in [0.15, 0.2) is 0 Å². The van der Waals surface area contributed by atoms with E-state index in [1.807, 2.05) is 11.8 Å². The van der Waals surface area contributed by atoms with Gasteiger partial charge in [-0.3, -0.25) is 4.90 Å². The van der Waals surface area contributed by atoms with Gasteiger partial charge in [0.05, 0.1) is 13.2 Å². The van der Waals surface area contributed by atoms with Gasteiger partial charge in [0, 0.05) is 37.0 Å². The molecule has 3 aliphatic rings. The van der Waals surface area contributed by atoms with E-state index in [0.717, 1.165) is 51.4 Å². The molecule has 2 amide bonds. The SMILES string of the molecule is O=C(NC[C@]1(N2CCOCC2)CCSC1)NC1CCCCC1. The molecule has 2 saturated heterocycles. The zero-order valence-electron chi connectivity index (χ0n) is 13.4. The van der Waals surface area contributed by atoms with Gasteiger partial charge in [0.1, 0.15) is 0 Å². The van der Waals surface area contributed by atoms with Gasteiger partial charge in [0.25, 0.3) is 0 Å². The second kappa shape index (κ2) is 7.88. The lowest BCUT2D eigenvalue weighted by atomic mass is 9.95. The Labute approximate surface area is 137 Å². The van der Waals surface area contributed by atoms with Crippen LogP contribution in [0.5, 0.6) is 0 Å². The third-order valence-corrected chi connectivity index (χ3v) is 6.52. The van der Waals surface area contributed by atoms with E-state index in [0.29, 0.717) is 6.04 Å². The van der Waals surface area contributed by atoms with Crippen molar-refractivity contribution in [2.45, 2.75) is 50.1 Å². The minimum absolute atomic E-state index is 0.0245. The molecule has 0 unspecified atom stereocenters. The molecule has 22 heavy (non-hydrogen) atoms. The molecule has 2 heterocycles. The Morgan fingerprint density at radius 3 is 2.68 bits per heavy atom. The molecule has 3 fully saturated rings. The summed E-state index contributed by atoms with van der Waals surface area (Å²) in [6.07, 6.45) is 7.26. The summed E-state index contributed by atoms with van der Waals surface area (Å²) < 4.78 is 5.48. The summed E-state index contributed by atoms with van der Waals surface area (Å²) in [5, 5.41) is 6.33. The molecule has 0 aromatic carbocycles. The molecule has 0 spiro atoms. The number of rotatable bonds is 4. The van der Waals surface area contributed by atoms with Crippen LogP contribution in [0.3, 0.4) is 0 Å². The maximum absolute atomic E-state index is 12.2. The van der Waals surface area contributed by atoms with Crippen molar-refractivity contribution in [3.63, 3.8) is 0 Å². The highest BCUT2D eigenvalue weighted by atomic mass is 32.2. The van der Waals surface area contributed by atoms with Gasteiger partial charge in [-0.05, 0) is 25.0 Å². The second-order valence-corrected chi connectivity index (χ2v) is 7.89. The Bertz CT molecular complexity index is 362. The maximum Gasteiger partial charge on any atom is 0.315 e. The first-order valence-corrected chi connectivity index (χ1v) is 9.89. The maximum atomic E-state index is 12.2. The lowest BCUT2D eigenvalue weighted by Crippen LogP contribution is -2.60. The average Bonchev–Trinajstić information content (AvgIpc) is 3.05. The smallest absolute Gasteiger partial charge is 0.315 e. The fourth-order valence-corrected chi connectivity index (χ4v) is 5.34. The third-order valence-electron chi connectivity index (χ3n) is 5.28. The Morgan fingerprint density at radius 1 is 1.23 bits per heavy atom. The highest BCUT2D eigenvalue weighted by Gasteiger charge is 2.40. The predicted molar refractivity (Wildman–Crippen MR) is 90.5 cm³/mol. The van der Waals surface area contributed by atoms with E-state index in [-0.39, 0.29) is 11.6 Å². The number of morpholine rings is 1. The summed E-state index contributed by atoms with van der Waals surface area (Å²) in [7, 11) is 0. The number of carbonyl (C=O) groups is 1. The second-order valence-electron chi connectivity index (χ2n) is 6.79. The average molecular weight is 327 g/mol. The number of urea groups is 1. The van der Waals surface area contributed by atoms with Crippen LogP contribution in [0.15, 0.2) is 0 Å². The number of carbonyl (C=O) groups excluding carboxylic acids is 1. The van der Waals surface area contributed by atoms with Crippen molar-refractivity contribution >= 4 is 17.8 Å². The summed E-state index contributed by atoms with van der Waals surface area (Å²) >= 11 is 2.01. The van der Waals surface area contributed by atoms with Gasteiger partial charge < -0.3 is 15.4 Å². The Balaban J connectivity index is 1.49. The van der Waals surface area contributed by atoms with E-state index in [4.69, 9.17) is 4.74 Å². The summed E-state index contributed by atoms with van der Waals surface area (Å²) in [4.78, 5) is 14.8. The molecule has 1 saturated carbocycles. The van der Waals surface area contributed by atoms with Crippen LogP contribution in [0.1, 0.15) is 38.5 Å². The molecule has 2 N–H and O–H groups in total. The van der Waals surface area contributed by atoms with E-state index in [2.05, 4.69) is 15.5 Å². The van der Waals surface area contributed by atoms with Crippen LogP contribution in [0.2, 0.25) is 0 Å². The van der Waals surface area contributed by atoms with Crippen LogP contribution in [-0.4, -0.2) is 66.9 Å². The first kappa shape index (κ1) is 16.4. The van der Waals surface area contributed by atoms with Crippen molar-refractivity contribution in [1.82, 2.24) is 15.5 Å². The summed E-state index contributed by atoms with van der Waals surface area (Å²) in [6.45, 7) is 4.39. The van der Waals surface area contributed by atoms with Gasteiger partial charge >= 0.3 is 6.03 Å². The van der Waals surface area contributed by atoms with Gasteiger partial charge in [0.2, 0.25) is 0 Å². The Morgan fingerprint density at radius 2 is 2.00 bits per heavy atom. The highest BCUT2D eigenvalue weighted by molar-refractivity contribution is 7.99. The molecule has 0 bridgehead atoms. The molecule has 0 aromatic heterocycles. The predicted octanol–water partition coefficient (Wildman–Crippen LogP) is 1.83. The van der Waals surface area contributed by atoms with Crippen molar-refractivity contribution in [3.05, 3.63) is 0 Å². The number of nitrogens with one attached hydrogen (secondary N) is 2. The number of hydrogen-bond donors (Lipinski definition) is 2. The zero-order chi connectivity index (χ0) is 15.3. The van der Waals surface area contributed by atoms with Crippen molar-refractivity contribution in [2.24, 2.45) is 0 Å². The highest BCUT2D eigenvalue weighted by Crippen LogP contribution is 2.33. The van der Waals surface area contributed by atoms with Crippen LogP contribution < -0.4 is 10.6 Å². The van der Waals surface area contributed by atoms with Crippen molar-refractivity contribution < 1.29 is 9.53 Å². The standard InChI is InChI=1S/C16H29N3O2S/c20-15(18-14-4-2-1-3-5-14)17-12-16(6-11-22-13-16)19-7-9-21-10-8-19/h14H,1-13H2,(H2,17,18,20)/t16-/m1/s1. The van der Waals surface area contributed by atoms with E-state index >= 15 is 0 Å². The lowest BCUT2D eigenvalue weighted by Gasteiger charge is -2.43. The molecule has 6 heteroatoms. The number of nitrogens with zero attached hydrogens (tertiary/aromatic N) is 1. The normalized spacial score (nSPS) is 31.1. The fourth-order valence-electron chi connectivity index (χ4n) is 3.86. The monoisotopic (exact) mass is 327 g/mol. The van der Waals surface area contributed by atoms with Crippen LogP contribution >= 0.6 is 11.8 Å².